The van der Waals surface area contributed by atoms with E-state index in [0.29, 0.717) is 31.0 Å². The van der Waals surface area contributed by atoms with Gasteiger partial charge in [-0.2, -0.15) is 18.3 Å². The third-order valence-electron chi connectivity index (χ3n) is 4.11. The smallest absolute Gasteiger partial charge is 0.376 e. The number of hydrogen-bond acceptors (Lipinski definition) is 7. The highest BCUT2D eigenvalue weighted by Gasteiger charge is 2.47. The predicted molar refractivity (Wildman–Crippen MR) is 90.8 cm³/mol. The molecule has 1 aromatic carbocycles. The van der Waals surface area contributed by atoms with Gasteiger partial charge in [0.15, 0.2) is 0 Å². The molecule has 0 aliphatic carbocycles. The monoisotopic (exact) mass is 420 g/mol. The molecule has 152 valence electrons. The number of nitrogens with zero attached hydrogens (tertiary/aromatic N) is 3. The molecular formula is C15H15F3N4O5S. The molecule has 0 bridgehead atoms. The summed E-state index contributed by atoms with van der Waals surface area (Å²) in [7, 11) is -5.69. The van der Waals surface area contributed by atoms with Gasteiger partial charge >= 0.3 is 5.51 Å². The number of nitro benzene ring substituents is 1. The minimum atomic E-state index is -5.69. The molecular weight excluding hydrogens is 405 g/mol. The van der Waals surface area contributed by atoms with Gasteiger partial charge in [0.25, 0.3) is 15.5 Å². The maximum atomic E-state index is 12.7. The lowest BCUT2D eigenvalue weighted by Gasteiger charge is -2.10. The van der Waals surface area contributed by atoms with Crippen LogP contribution in [0.4, 0.5) is 30.2 Å². The molecule has 13 heteroatoms. The molecule has 2 heterocycles. The number of hydrogen-bond donors (Lipinski definition) is 1. The molecule has 3 rings (SSSR count). The van der Waals surface area contributed by atoms with Crippen molar-refractivity contribution < 1.29 is 31.2 Å². The molecule has 2 aromatic rings. The van der Waals surface area contributed by atoms with Crippen molar-refractivity contribution in [2.45, 2.75) is 35.9 Å². The molecule has 1 saturated heterocycles. The summed E-state index contributed by atoms with van der Waals surface area (Å²) in [6.45, 7) is 1.17. The standard InChI is InChI=1S/C15H15F3N4O5S/c16-15(17,18)28(25,26)12-3-4-13(14(6-12)22(23)24)20-10-7-19-21(8-10)9-11-2-1-5-27-11/h3-4,6-8,11,20H,1-2,5,9H2. The van der Waals surface area contributed by atoms with Crippen molar-refractivity contribution in [2.24, 2.45) is 0 Å². The third-order valence-corrected chi connectivity index (χ3v) is 5.59. The molecule has 1 N–H and O–H groups in total. The van der Waals surface area contributed by atoms with E-state index in [0.717, 1.165) is 18.9 Å². The Morgan fingerprint density at radius 1 is 1.39 bits per heavy atom. The largest absolute Gasteiger partial charge is 0.501 e. The van der Waals surface area contributed by atoms with Crippen molar-refractivity contribution in [2.75, 3.05) is 11.9 Å². The zero-order valence-electron chi connectivity index (χ0n) is 14.2. The lowest BCUT2D eigenvalue weighted by atomic mass is 10.2. The first-order valence-corrected chi connectivity index (χ1v) is 9.57. The summed E-state index contributed by atoms with van der Waals surface area (Å²) in [5.74, 6) is 0. The minimum absolute atomic E-state index is 0.0222. The average Bonchev–Trinajstić information content (AvgIpc) is 3.26. The van der Waals surface area contributed by atoms with E-state index >= 15 is 0 Å². The fourth-order valence-corrected chi connectivity index (χ4v) is 3.53. The van der Waals surface area contributed by atoms with E-state index in [-0.39, 0.29) is 11.8 Å². The molecule has 1 aliphatic rings. The van der Waals surface area contributed by atoms with Crippen LogP contribution >= 0.6 is 0 Å². The second-order valence-electron chi connectivity index (χ2n) is 6.10. The van der Waals surface area contributed by atoms with E-state index in [1.807, 2.05) is 0 Å². The molecule has 1 aromatic heterocycles. The fourth-order valence-electron chi connectivity index (χ4n) is 2.75. The molecule has 0 spiro atoms. The SMILES string of the molecule is O=[N+]([O-])c1cc(S(=O)(=O)C(F)(F)F)ccc1Nc1cnn(CC2CCCO2)c1. The summed E-state index contributed by atoms with van der Waals surface area (Å²) in [5, 5.41) is 18.0. The average molecular weight is 420 g/mol. The van der Waals surface area contributed by atoms with Crippen LogP contribution in [0.15, 0.2) is 35.5 Å². The minimum Gasteiger partial charge on any atom is -0.376 e. The Balaban J connectivity index is 1.84. The molecule has 28 heavy (non-hydrogen) atoms. The fraction of sp³-hybridized carbons (Fsp3) is 0.400. The van der Waals surface area contributed by atoms with Gasteiger partial charge in [0.1, 0.15) is 5.69 Å². The van der Waals surface area contributed by atoms with Gasteiger partial charge in [-0.1, -0.05) is 0 Å². The normalized spacial score (nSPS) is 17.6. The molecule has 0 amide bonds. The Morgan fingerprint density at radius 2 is 2.14 bits per heavy atom. The summed E-state index contributed by atoms with van der Waals surface area (Å²) in [5.41, 5.74) is -6.17. The van der Waals surface area contributed by atoms with Crippen LogP contribution in [0.5, 0.6) is 0 Å². The summed E-state index contributed by atoms with van der Waals surface area (Å²) in [6.07, 6.45) is 4.82. The number of benzene rings is 1. The summed E-state index contributed by atoms with van der Waals surface area (Å²) in [6, 6.07) is 1.95. The van der Waals surface area contributed by atoms with E-state index in [1.54, 1.807) is 10.9 Å². The maximum Gasteiger partial charge on any atom is 0.501 e. The predicted octanol–water partition coefficient (Wildman–Crippen LogP) is 3.01. The van der Waals surface area contributed by atoms with E-state index in [4.69, 9.17) is 4.74 Å². The van der Waals surface area contributed by atoms with E-state index in [1.165, 1.54) is 6.20 Å². The quantitative estimate of drug-likeness (QED) is 0.564. The number of nitrogens with one attached hydrogen (secondary N) is 1. The van der Waals surface area contributed by atoms with Crippen molar-refractivity contribution in [1.82, 2.24) is 9.78 Å². The summed E-state index contributed by atoms with van der Waals surface area (Å²) < 4.78 is 68.0. The van der Waals surface area contributed by atoms with Gasteiger partial charge in [-0.15, -0.1) is 0 Å². The van der Waals surface area contributed by atoms with Crippen LogP contribution in [0.2, 0.25) is 0 Å². The molecule has 1 unspecified atom stereocenters. The zero-order valence-corrected chi connectivity index (χ0v) is 15.0. The molecule has 9 nitrogen and oxygen atoms in total. The van der Waals surface area contributed by atoms with Gasteiger partial charge in [0.05, 0.1) is 34.4 Å². The second-order valence-corrected chi connectivity index (χ2v) is 8.04. The number of alkyl halides is 3. The highest BCUT2D eigenvalue weighted by atomic mass is 32.2. The third kappa shape index (κ3) is 4.09. The molecule has 1 aliphatic heterocycles. The molecule has 0 radical (unpaired) electrons. The number of nitro groups is 1. The number of anilines is 2. The highest BCUT2D eigenvalue weighted by Crippen LogP contribution is 2.35. The van der Waals surface area contributed by atoms with Crippen LogP contribution in [0.1, 0.15) is 12.8 Å². The second kappa shape index (κ2) is 7.39. The molecule has 1 fully saturated rings. The van der Waals surface area contributed by atoms with Gasteiger partial charge < -0.3 is 10.1 Å². The van der Waals surface area contributed by atoms with Crippen molar-refractivity contribution in [1.29, 1.82) is 0 Å². The van der Waals surface area contributed by atoms with Crippen molar-refractivity contribution in [3.05, 3.63) is 40.7 Å². The van der Waals surface area contributed by atoms with Crippen LogP contribution in [0.3, 0.4) is 0 Å². The number of ether oxygens (including phenoxy) is 1. The van der Waals surface area contributed by atoms with E-state index < -0.39 is 30.9 Å². The van der Waals surface area contributed by atoms with Crippen molar-refractivity contribution >= 4 is 26.9 Å². The number of aromatic nitrogens is 2. The Labute approximate surface area is 157 Å². The van der Waals surface area contributed by atoms with Crippen LogP contribution in [-0.4, -0.2) is 41.3 Å². The first kappa shape index (κ1) is 20.1. The summed E-state index contributed by atoms with van der Waals surface area (Å²) >= 11 is 0. The van der Waals surface area contributed by atoms with Crippen LogP contribution in [-0.2, 0) is 21.1 Å². The zero-order chi connectivity index (χ0) is 20.5. The van der Waals surface area contributed by atoms with Gasteiger partial charge in [-0.3, -0.25) is 14.8 Å². The highest BCUT2D eigenvalue weighted by molar-refractivity contribution is 7.92. The topological polar surface area (TPSA) is 116 Å². The van der Waals surface area contributed by atoms with Crippen LogP contribution in [0.25, 0.3) is 0 Å². The Kier molecular flexibility index (Phi) is 5.30. The van der Waals surface area contributed by atoms with Gasteiger partial charge in [0.2, 0.25) is 0 Å². The Hall–Kier alpha value is -2.67. The van der Waals surface area contributed by atoms with Crippen molar-refractivity contribution in [3.8, 4) is 0 Å². The first-order chi connectivity index (χ1) is 13.1. The van der Waals surface area contributed by atoms with E-state index in [2.05, 4.69) is 10.4 Å². The first-order valence-electron chi connectivity index (χ1n) is 8.09. The maximum absolute atomic E-state index is 12.7. The van der Waals surface area contributed by atoms with Crippen molar-refractivity contribution in [3.63, 3.8) is 0 Å². The van der Waals surface area contributed by atoms with Gasteiger partial charge in [-0.05, 0) is 25.0 Å². The number of sulfone groups is 1. The van der Waals surface area contributed by atoms with Crippen LogP contribution in [0, 0.1) is 10.1 Å². The molecule has 0 saturated carbocycles. The lowest BCUT2D eigenvalue weighted by molar-refractivity contribution is -0.384. The lowest BCUT2D eigenvalue weighted by Crippen LogP contribution is -2.23. The van der Waals surface area contributed by atoms with Gasteiger partial charge in [-0.25, -0.2) is 8.42 Å². The molecule has 1 atom stereocenters. The Bertz CT molecular complexity index is 984. The van der Waals surface area contributed by atoms with Gasteiger partial charge in [0, 0.05) is 18.9 Å². The Morgan fingerprint density at radius 3 is 2.75 bits per heavy atom. The van der Waals surface area contributed by atoms with E-state index in [9.17, 15) is 31.7 Å². The summed E-state index contributed by atoms with van der Waals surface area (Å²) in [4.78, 5) is 9.06. The number of halogens is 3. The van der Waals surface area contributed by atoms with Crippen LogP contribution < -0.4 is 5.32 Å². The number of rotatable bonds is 6.